The van der Waals surface area contributed by atoms with Crippen LogP contribution in [0.2, 0.25) is 0 Å². The summed E-state index contributed by atoms with van der Waals surface area (Å²) in [6.45, 7) is 1.91. The Balaban J connectivity index is 1.86. The van der Waals surface area contributed by atoms with Crippen molar-refractivity contribution in [1.82, 2.24) is 0 Å². The fourth-order valence-corrected chi connectivity index (χ4v) is 3.09. The van der Waals surface area contributed by atoms with E-state index in [0.29, 0.717) is 6.42 Å². The summed E-state index contributed by atoms with van der Waals surface area (Å²) in [6.07, 6.45) is 17.9. The molecule has 154 valence electrons. The molecule has 5 nitrogen and oxygen atoms in total. The van der Waals surface area contributed by atoms with Gasteiger partial charge in [-0.3, -0.25) is 14.4 Å². The van der Waals surface area contributed by atoms with E-state index in [-0.39, 0.29) is 24.9 Å². The van der Waals surface area contributed by atoms with Crippen molar-refractivity contribution in [3.63, 3.8) is 0 Å². The van der Waals surface area contributed by atoms with Gasteiger partial charge >= 0.3 is 5.97 Å². The van der Waals surface area contributed by atoms with Gasteiger partial charge in [0.15, 0.2) is 6.61 Å². The molecule has 0 aromatic rings. The zero-order valence-corrected chi connectivity index (χ0v) is 16.9. The van der Waals surface area contributed by atoms with Crippen molar-refractivity contribution >= 4 is 17.5 Å². The number of carbonyl (C=O) groups is 3. The summed E-state index contributed by atoms with van der Waals surface area (Å²) >= 11 is 0. The van der Waals surface area contributed by atoms with E-state index in [0.717, 1.165) is 25.3 Å². The molecule has 0 fully saturated rings. The Bertz CT molecular complexity index is 481. The number of ketones is 2. The predicted octanol–water partition coefficient (Wildman–Crippen LogP) is 5.06. The first-order chi connectivity index (χ1) is 13.1. The van der Waals surface area contributed by atoms with Crippen LogP contribution in [0.25, 0.3) is 0 Å². The van der Waals surface area contributed by atoms with Crippen LogP contribution in [0.4, 0.5) is 0 Å². The van der Waals surface area contributed by atoms with E-state index in [9.17, 15) is 14.4 Å². The molecule has 0 saturated heterocycles. The van der Waals surface area contributed by atoms with Gasteiger partial charge in [0.2, 0.25) is 11.6 Å². The van der Waals surface area contributed by atoms with Gasteiger partial charge in [-0.2, -0.15) is 0 Å². The zero-order chi connectivity index (χ0) is 19.7. The maximum atomic E-state index is 11.7. The summed E-state index contributed by atoms with van der Waals surface area (Å²) < 4.78 is 10.1. The summed E-state index contributed by atoms with van der Waals surface area (Å²) in [4.78, 5) is 33.9. The first kappa shape index (κ1) is 23.4. The van der Waals surface area contributed by atoms with E-state index in [1.165, 1.54) is 64.2 Å². The number of carbonyl (C=O) groups excluding carboxylic acids is 3. The van der Waals surface area contributed by atoms with Gasteiger partial charge in [0.1, 0.15) is 12.4 Å². The first-order valence-electron chi connectivity index (χ1n) is 10.7. The molecule has 5 heteroatoms. The molecule has 0 aromatic heterocycles. The smallest absolute Gasteiger partial charge is 0.306 e. The number of Topliss-reactive ketones (excluding diaryl/α,β-unsaturated/α-hetero) is 1. The van der Waals surface area contributed by atoms with Crippen LogP contribution in [-0.4, -0.2) is 30.7 Å². The lowest BCUT2D eigenvalue weighted by Gasteiger charge is -2.13. The Hall–Kier alpha value is -1.65. The van der Waals surface area contributed by atoms with E-state index in [1.54, 1.807) is 0 Å². The average Bonchev–Trinajstić information content (AvgIpc) is 2.66. The molecule has 0 aliphatic carbocycles. The summed E-state index contributed by atoms with van der Waals surface area (Å²) in [5, 5.41) is 0. The summed E-state index contributed by atoms with van der Waals surface area (Å²) in [5.41, 5.74) is 0. The molecule has 1 aliphatic heterocycles. The van der Waals surface area contributed by atoms with Crippen molar-refractivity contribution in [3.05, 3.63) is 11.8 Å². The number of ether oxygens (including phenoxy) is 2. The molecule has 0 spiro atoms. The SMILES string of the molecule is CCCCCCCCCCCCCCCC(=O)OCC1=CC(=O)C(=O)CO1. The monoisotopic (exact) mass is 380 g/mol. The number of hydrogen-bond acceptors (Lipinski definition) is 5. The summed E-state index contributed by atoms with van der Waals surface area (Å²) in [5.74, 6) is -1.20. The van der Waals surface area contributed by atoms with Crippen molar-refractivity contribution in [1.29, 1.82) is 0 Å². The molecule has 1 aliphatic rings. The summed E-state index contributed by atoms with van der Waals surface area (Å²) in [7, 11) is 0. The van der Waals surface area contributed by atoms with E-state index >= 15 is 0 Å². The topological polar surface area (TPSA) is 69.7 Å². The third-order valence-corrected chi connectivity index (χ3v) is 4.82. The molecule has 0 radical (unpaired) electrons. The van der Waals surface area contributed by atoms with Crippen LogP contribution in [0.1, 0.15) is 96.8 Å². The van der Waals surface area contributed by atoms with Crippen LogP contribution in [0, 0.1) is 0 Å². The van der Waals surface area contributed by atoms with Gasteiger partial charge < -0.3 is 9.47 Å². The molecule has 27 heavy (non-hydrogen) atoms. The number of rotatable bonds is 16. The minimum Gasteiger partial charge on any atom is -0.486 e. The Morgan fingerprint density at radius 2 is 1.41 bits per heavy atom. The third-order valence-electron chi connectivity index (χ3n) is 4.82. The van der Waals surface area contributed by atoms with Crippen LogP contribution in [0.5, 0.6) is 0 Å². The number of hydrogen-bond donors (Lipinski definition) is 0. The lowest BCUT2D eigenvalue weighted by atomic mass is 10.0. The molecular formula is C22H36O5. The van der Waals surface area contributed by atoms with Crippen molar-refractivity contribution in [3.8, 4) is 0 Å². The second kappa shape index (κ2) is 15.4. The van der Waals surface area contributed by atoms with Gasteiger partial charge in [0.25, 0.3) is 0 Å². The molecule has 1 rings (SSSR count). The first-order valence-corrected chi connectivity index (χ1v) is 10.7. The summed E-state index contributed by atoms with van der Waals surface area (Å²) in [6, 6.07) is 0. The van der Waals surface area contributed by atoms with Gasteiger partial charge in [-0.1, -0.05) is 84.0 Å². The maximum absolute atomic E-state index is 11.7. The van der Waals surface area contributed by atoms with Crippen molar-refractivity contribution < 1.29 is 23.9 Å². The fourth-order valence-electron chi connectivity index (χ4n) is 3.09. The van der Waals surface area contributed by atoms with Gasteiger partial charge in [-0.15, -0.1) is 0 Å². The van der Waals surface area contributed by atoms with E-state index in [2.05, 4.69) is 6.92 Å². The van der Waals surface area contributed by atoms with Gasteiger partial charge in [-0.25, -0.2) is 0 Å². The van der Waals surface area contributed by atoms with Crippen LogP contribution < -0.4 is 0 Å². The highest BCUT2D eigenvalue weighted by atomic mass is 16.6. The van der Waals surface area contributed by atoms with E-state index in [1.807, 2.05) is 0 Å². The second-order valence-corrected chi connectivity index (χ2v) is 7.34. The minimum atomic E-state index is -0.594. The minimum absolute atomic E-state index is 0.0731. The van der Waals surface area contributed by atoms with Gasteiger partial charge in [0, 0.05) is 12.5 Å². The van der Waals surface area contributed by atoms with Crippen molar-refractivity contribution in [2.24, 2.45) is 0 Å². The standard InChI is InChI=1S/C22H36O5/c1-2-3-4-5-6-7-8-9-10-11-12-13-14-15-22(25)27-17-19-16-20(23)21(24)18-26-19/h16H,2-15,17-18H2,1H3. The van der Waals surface area contributed by atoms with Crippen molar-refractivity contribution in [2.45, 2.75) is 96.8 Å². The molecule has 1 heterocycles. The molecule has 0 aromatic carbocycles. The maximum Gasteiger partial charge on any atom is 0.306 e. The highest BCUT2D eigenvalue weighted by Gasteiger charge is 2.20. The third kappa shape index (κ3) is 12.4. The van der Waals surface area contributed by atoms with Crippen LogP contribution in [0.3, 0.4) is 0 Å². The molecular weight excluding hydrogens is 344 g/mol. The highest BCUT2D eigenvalue weighted by molar-refractivity contribution is 6.42. The Morgan fingerprint density at radius 1 is 0.889 bits per heavy atom. The second-order valence-electron chi connectivity index (χ2n) is 7.34. The number of esters is 1. The Kier molecular flexibility index (Phi) is 13.4. The molecule has 0 atom stereocenters. The van der Waals surface area contributed by atoms with Crippen LogP contribution in [0.15, 0.2) is 11.8 Å². The molecule has 0 amide bonds. The number of unbranched alkanes of at least 4 members (excludes halogenated alkanes) is 12. The zero-order valence-electron chi connectivity index (χ0n) is 16.9. The fraction of sp³-hybridized carbons (Fsp3) is 0.773. The highest BCUT2D eigenvalue weighted by Crippen LogP contribution is 2.13. The van der Waals surface area contributed by atoms with Gasteiger partial charge in [0.05, 0.1) is 0 Å². The quantitative estimate of drug-likeness (QED) is 0.213. The van der Waals surface area contributed by atoms with Gasteiger partial charge in [-0.05, 0) is 6.42 Å². The lowest BCUT2D eigenvalue weighted by Crippen LogP contribution is -2.25. The Labute approximate surface area is 163 Å². The predicted molar refractivity (Wildman–Crippen MR) is 105 cm³/mol. The number of allylic oxidation sites excluding steroid dienone is 1. The molecule has 0 bridgehead atoms. The lowest BCUT2D eigenvalue weighted by molar-refractivity contribution is -0.144. The molecule has 0 unspecified atom stereocenters. The van der Waals surface area contributed by atoms with Crippen LogP contribution >= 0.6 is 0 Å². The molecule has 0 N–H and O–H groups in total. The van der Waals surface area contributed by atoms with E-state index < -0.39 is 11.6 Å². The van der Waals surface area contributed by atoms with Crippen molar-refractivity contribution in [2.75, 3.05) is 13.2 Å². The van der Waals surface area contributed by atoms with E-state index in [4.69, 9.17) is 9.47 Å². The largest absolute Gasteiger partial charge is 0.486 e. The molecule has 0 saturated carbocycles. The van der Waals surface area contributed by atoms with Crippen LogP contribution in [-0.2, 0) is 23.9 Å². The average molecular weight is 381 g/mol. The Morgan fingerprint density at radius 3 is 1.93 bits per heavy atom. The normalized spacial score (nSPS) is 14.0.